The lowest BCUT2D eigenvalue weighted by Gasteiger charge is -2.33. The quantitative estimate of drug-likeness (QED) is 0.714. The molecule has 6 nitrogen and oxygen atoms in total. The third-order valence-corrected chi connectivity index (χ3v) is 6.21. The predicted octanol–water partition coefficient (Wildman–Crippen LogP) is 0.599. The van der Waals surface area contributed by atoms with Crippen LogP contribution < -0.4 is 0 Å². The smallest absolute Gasteiger partial charge is 0.324 e. The molecule has 7 heteroatoms. The van der Waals surface area contributed by atoms with E-state index >= 15 is 0 Å². The summed E-state index contributed by atoms with van der Waals surface area (Å²) in [7, 11) is 0.724. The molecular weight excluding hydrogens is 268 g/mol. The number of fused-ring (bicyclic) bond motifs is 1. The van der Waals surface area contributed by atoms with Crippen molar-refractivity contribution >= 4 is 16.2 Å². The number of carbonyl (C=O) groups excluding carboxylic acids is 1. The number of hydrogen-bond donors (Lipinski definition) is 0. The van der Waals surface area contributed by atoms with Crippen molar-refractivity contribution in [2.75, 3.05) is 21.2 Å². The van der Waals surface area contributed by atoms with Gasteiger partial charge in [0.05, 0.1) is 7.11 Å². The second-order valence-corrected chi connectivity index (χ2v) is 7.55. The van der Waals surface area contributed by atoms with Gasteiger partial charge in [-0.15, -0.1) is 0 Å². The molecule has 3 atom stereocenters. The van der Waals surface area contributed by atoms with E-state index in [9.17, 15) is 13.2 Å². The molecule has 1 heterocycles. The Morgan fingerprint density at radius 3 is 2.47 bits per heavy atom. The molecule has 110 valence electrons. The van der Waals surface area contributed by atoms with Crippen LogP contribution in [0.2, 0.25) is 0 Å². The molecule has 2 fully saturated rings. The normalized spacial score (nSPS) is 32.3. The minimum Gasteiger partial charge on any atom is -0.468 e. The van der Waals surface area contributed by atoms with E-state index in [-0.39, 0.29) is 12.0 Å². The summed E-state index contributed by atoms with van der Waals surface area (Å²) in [6.45, 7) is 0. The Hall–Kier alpha value is -0.660. The Balaban J connectivity index is 2.36. The van der Waals surface area contributed by atoms with Gasteiger partial charge in [-0.25, -0.2) is 0 Å². The van der Waals surface area contributed by atoms with Crippen LogP contribution in [-0.4, -0.2) is 56.3 Å². The monoisotopic (exact) mass is 290 g/mol. The number of hydrogen-bond acceptors (Lipinski definition) is 4. The van der Waals surface area contributed by atoms with Gasteiger partial charge in [0.1, 0.15) is 6.04 Å². The topological polar surface area (TPSA) is 66.9 Å². The van der Waals surface area contributed by atoms with Crippen LogP contribution in [-0.2, 0) is 19.7 Å². The summed E-state index contributed by atoms with van der Waals surface area (Å²) < 4.78 is 32.3. The molecule has 19 heavy (non-hydrogen) atoms. The van der Waals surface area contributed by atoms with E-state index < -0.39 is 22.2 Å². The minimum absolute atomic E-state index is 0.0507. The van der Waals surface area contributed by atoms with E-state index in [1.807, 2.05) is 0 Å². The highest BCUT2D eigenvalue weighted by atomic mass is 32.2. The fourth-order valence-corrected chi connectivity index (χ4v) is 4.77. The van der Waals surface area contributed by atoms with Crippen molar-refractivity contribution in [1.82, 2.24) is 8.61 Å². The molecule has 0 radical (unpaired) electrons. The summed E-state index contributed by atoms with van der Waals surface area (Å²) in [6, 6.07) is -0.712. The zero-order valence-electron chi connectivity index (χ0n) is 11.7. The van der Waals surface area contributed by atoms with Gasteiger partial charge in [-0.05, 0) is 25.2 Å². The number of esters is 1. The van der Waals surface area contributed by atoms with Crippen molar-refractivity contribution in [1.29, 1.82) is 0 Å². The average molecular weight is 290 g/mol. The Morgan fingerprint density at radius 2 is 1.89 bits per heavy atom. The molecule has 0 aromatic rings. The molecule has 3 unspecified atom stereocenters. The molecular formula is C12H22N2O4S. The van der Waals surface area contributed by atoms with Crippen LogP contribution >= 0.6 is 0 Å². The zero-order valence-corrected chi connectivity index (χ0v) is 12.5. The Kier molecular flexibility index (Phi) is 4.17. The van der Waals surface area contributed by atoms with Crippen molar-refractivity contribution in [3.05, 3.63) is 0 Å². The fourth-order valence-electron chi connectivity index (χ4n) is 3.28. The predicted molar refractivity (Wildman–Crippen MR) is 70.6 cm³/mol. The maximum absolute atomic E-state index is 12.5. The average Bonchev–Trinajstić information content (AvgIpc) is 2.77. The van der Waals surface area contributed by atoms with E-state index in [4.69, 9.17) is 4.74 Å². The van der Waals surface area contributed by atoms with Gasteiger partial charge in [0.25, 0.3) is 10.2 Å². The lowest BCUT2D eigenvalue weighted by Crippen LogP contribution is -2.50. The second-order valence-electron chi connectivity index (χ2n) is 5.51. The maximum atomic E-state index is 12.5. The first-order valence-electron chi connectivity index (χ1n) is 6.68. The largest absolute Gasteiger partial charge is 0.468 e. The van der Waals surface area contributed by atoms with Crippen LogP contribution in [0.25, 0.3) is 0 Å². The van der Waals surface area contributed by atoms with Gasteiger partial charge in [-0.1, -0.05) is 12.8 Å². The van der Waals surface area contributed by atoms with Crippen LogP contribution in [0.15, 0.2) is 0 Å². The Labute approximate surface area is 114 Å². The molecule has 0 bridgehead atoms. The van der Waals surface area contributed by atoms with E-state index in [0.29, 0.717) is 6.42 Å². The molecule has 2 rings (SSSR count). The Bertz CT molecular complexity index is 449. The van der Waals surface area contributed by atoms with Crippen LogP contribution in [0, 0.1) is 5.92 Å². The summed E-state index contributed by atoms with van der Waals surface area (Å²) in [5.41, 5.74) is 0. The van der Waals surface area contributed by atoms with Gasteiger partial charge in [-0.2, -0.15) is 17.0 Å². The molecule has 0 spiro atoms. The van der Waals surface area contributed by atoms with Crippen molar-refractivity contribution < 1.29 is 17.9 Å². The van der Waals surface area contributed by atoms with Crippen molar-refractivity contribution in [3.8, 4) is 0 Å². The zero-order chi connectivity index (χ0) is 14.2. The summed E-state index contributed by atoms with van der Waals surface area (Å²) in [6.07, 6.45) is 4.56. The second kappa shape index (κ2) is 5.38. The first kappa shape index (κ1) is 14.7. The fraction of sp³-hybridized carbons (Fsp3) is 0.917. The van der Waals surface area contributed by atoms with Gasteiger partial charge in [-0.3, -0.25) is 4.79 Å². The number of rotatable bonds is 3. The number of nitrogens with zero attached hydrogens (tertiary/aromatic N) is 2. The van der Waals surface area contributed by atoms with Crippen molar-refractivity contribution in [3.63, 3.8) is 0 Å². The van der Waals surface area contributed by atoms with Crippen molar-refractivity contribution in [2.24, 2.45) is 5.92 Å². The third kappa shape index (κ3) is 2.51. The molecule has 1 aliphatic heterocycles. The van der Waals surface area contributed by atoms with Crippen LogP contribution in [0.5, 0.6) is 0 Å². The lowest BCUT2D eigenvalue weighted by molar-refractivity contribution is -0.144. The lowest BCUT2D eigenvalue weighted by atomic mass is 9.85. The summed E-state index contributed by atoms with van der Waals surface area (Å²) in [5.74, 6) is -0.160. The summed E-state index contributed by atoms with van der Waals surface area (Å²) in [4.78, 5) is 11.9. The standard InChI is InChI=1S/C12H22N2O4S/c1-13(2)19(16,17)14-10-7-5-4-6-9(10)8-11(14)12(15)18-3/h9-11H,4-8H2,1-3H3. The molecule has 0 amide bonds. The highest BCUT2D eigenvalue weighted by Gasteiger charge is 2.51. The molecule has 2 aliphatic rings. The summed E-state index contributed by atoms with van der Waals surface area (Å²) in [5, 5.41) is 0. The first-order chi connectivity index (χ1) is 8.89. The van der Waals surface area contributed by atoms with Gasteiger partial charge >= 0.3 is 5.97 Å². The molecule has 1 saturated heterocycles. The van der Waals surface area contributed by atoms with E-state index in [0.717, 1.165) is 25.7 Å². The molecule has 1 aliphatic carbocycles. The molecule has 0 N–H and O–H groups in total. The van der Waals surface area contributed by atoms with Crippen LogP contribution in [0.3, 0.4) is 0 Å². The van der Waals surface area contributed by atoms with Gasteiger partial charge in [0.15, 0.2) is 0 Å². The number of ether oxygens (including phenoxy) is 1. The molecule has 0 aromatic heterocycles. The minimum atomic E-state index is -3.59. The highest BCUT2D eigenvalue weighted by molar-refractivity contribution is 7.86. The van der Waals surface area contributed by atoms with Gasteiger partial charge in [0, 0.05) is 20.1 Å². The van der Waals surface area contributed by atoms with Gasteiger partial charge in [0.2, 0.25) is 0 Å². The van der Waals surface area contributed by atoms with Crippen LogP contribution in [0.1, 0.15) is 32.1 Å². The first-order valence-corrected chi connectivity index (χ1v) is 8.08. The SMILES string of the molecule is COC(=O)C1CC2CCCCC2N1S(=O)(=O)N(C)C. The number of methoxy groups -OCH3 is 1. The Morgan fingerprint density at radius 1 is 1.26 bits per heavy atom. The van der Waals surface area contributed by atoms with E-state index in [1.165, 1.54) is 29.8 Å². The maximum Gasteiger partial charge on any atom is 0.324 e. The van der Waals surface area contributed by atoms with Gasteiger partial charge < -0.3 is 4.74 Å². The van der Waals surface area contributed by atoms with E-state index in [2.05, 4.69) is 0 Å². The molecule has 1 saturated carbocycles. The summed E-state index contributed by atoms with van der Waals surface area (Å²) >= 11 is 0. The van der Waals surface area contributed by atoms with E-state index in [1.54, 1.807) is 0 Å². The number of carbonyl (C=O) groups is 1. The van der Waals surface area contributed by atoms with Crippen LogP contribution in [0.4, 0.5) is 0 Å². The third-order valence-electron chi connectivity index (χ3n) is 4.23. The molecule has 0 aromatic carbocycles. The highest BCUT2D eigenvalue weighted by Crippen LogP contribution is 2.41. The van der Waals surface area contributed by atoms with Crippen molar-refractivity contribution in [2.45, 2.75) is 44.2 Å².